The summed E-state index contributed by atoms with van der Waals surface area (Å²) in [5, 5.41) is 9.50. The van der Waals surface area contributed by atoms with Gasteiger partial charge in [-0.3, -0.25) is 0 Å². The van der Waals surface area contributed by atoms with Crippen molar-refractivity contribution in [3.05, 3.63) is 23.9 Å². The summed E-state index contributed by atoms with van der Waals surface area (Å²) >= 11 is 0. The van der Waals surface area contributed by atoms with Crippen LogP contribution in [0, 0.1) is 5.92 Å². The molecule has 0 aliphatic rings. The number of hydrogen-bond donors (Lipinski definition) is 1. The third-order valence-corrected chi connectivity index (χ3v) is 2.68. The molecule has 0 bridgehead atoms. The maximum absolute atomic E-state index is 9.50. The molecule has 3 nitrogen and oxygen atoms in total. The highest BCUT2D eigenvalue weighted by Crippen LogP contribution is 2.17. The summed E-state index contributed by atoms with van der Waals surface area (Å²) < 4.78 is 0. The summed E-state index contributed by atoms with van der Waals surface area (Å²) in [6.45, 7) is 7.20. The quantitative estimate of drug-likeness (QED) is 0.832. The predicted molar refractivity (Wildman–Crippen MR) is 67.6 cm³/mol. The number of aliphatic hydroxyl groups is 1. The zero-order chi connectivity index (χ0) is 12.1. The Hall–Kier alpha value is -1.09. The molecule has 1 aromatic rings. The fraction of sp³-hybridized carbons (Fsp3) is 0.615. The average molecular weight is 222 g/mol. The van der Waals surface area contributed by atoms with Crippen LogP contribution in [0.3, 0.4) is 0 Å². The molecule has 16 heavy (non-hydrogen) atoms. The van der Waals surface area contributed by atoms with Crippen LogP contribution in [0.4, 0.5) is 5.82 Å². The van der Waals surface area contributed by atoms with Crippen LogP contribution in [0.2, 0.25) is 0 Å². The molecule has 1 heterocycles. The molecule has 0 fully saturated rings. The van der Waals surface area contributed by atoms with E-state index in [1.54, 1.807) is 13.1 Å². The van der Waals surface area contributed by atoms with E-state index in [-0.39, 0.29) is 0 Å². The third-order valence-electron chi connectivity index (χ3n) is 2.68. The Kier molecular flexibility index (Phi) is 4.74. The first kappa shape index (κ1) is 13.0. The molecule has 0 amide bonds. The van der Waals surface area contributed by atoms with E-state index in [2.05, 4.69) is 23.7 Å². The van der Waals surface area contributed by atoms with Crippen LogP contribution in [0.5, 0.6) is 0 Å². The van der Waals surface area contributed by atoms with Gasteiger partial charge in [0.15, 0.2) is 0 Å². The molecule has 1 rings (SSSR count). The van der Waals surface area contributed by atoms with Gasteiger partial charge in [-0.1, -0.05) is 13.8 Å². The van der Waals surface area contributed by atoms with Crippen molar-refractivity contribution in [2.24, 2.45) is 5.92 Å². The van der Waals surface area contributed by atoms with Gasteiger partial charge in [0.25, 0.3) is 0 Å². The van der Waals surface area contributed by atoms with Gasteiger partial charge < -0.3 is 10.0 Å². The standard InChI is InChI=1S/C13H22N2O/c1-10(2)6-8-15(4)13-9-12(11(3)16)5-7-14-13/h5,7,9-11,16H,6,8H2,1-4H3/t11-/m1/s1. The number of aliphatic hydroxyl groups excluding tert-OH is 1. The van der Waals surface area contributed by atoms with Gasteiger partial charge in [-0.25, -0.2) is 4.98 Å². The fourth-order valence-electron chi connectivity index (χ4n) is 1.47. The second-order valence-corrected chi connectivity index (χ2v) is 4.73. The van der Waals surface area contributed by atoms with Crippen molar-refractivity contribution in [1.82, 2.24) is 4.98 Å². The van der Waals surface area contributed by atoms with Crippen molar-refractivity contribution < 1.29 is 5.11 Å². The van der Waals surface area contributed by atoms with Crippen LogP contribution in [0.15, 0.2) is 18.3 Å². The van der Waals surface area contributed by atoms with E-state index in [0.717, 1.165) is 24.3 Å². The Morgan fingerprint density at radius 1 is 1.38 bits per heavy atom. The second-order valence-electron chi connectivity index (χ2n) is 4.73. The number of pyridine rings is 1. The Bertz CT molecular complexity index is 323. The molecule has 0 aromatic carbocycles. The number of nitrogens with zero attached hydrogens (tertiary/aromatic N) is 2. The average Bonchev–Trinajstić information content (AvgIpc) is 2.26. The summed E-state index contributed by atoms with van der Waals surface area (Å²) in [5.74, 6) is 1.63. The number of rotatable bonds is 5. The highest BCUT2D eigenvalue weighted by Gasteiger charge is 2.06. The molecule has 0 saturated carbocycles. The maximum atomic E-state index is 9.50. The summed E-state index contributed by atoms with van der Waals surface area (Å²) in [5.41, 5.74) is 0.918. The zero-order valence-electron chi connectivity index (χ0n) is 10.6. The molecule has 0 aliphatic heterocycles. The van der Waals surface area contributed by atoms with Crippen LogP contribution in [0.25, 0.3) is 0 Å². The Morgan fingerprint density at radius 3 is 2.62 bits per heavy atom. The molecular formula is C13H22N2O. The van der Waals surface area contributed by atoms with Crippen molar-refractivity contribution in [1.29, 1.82) is 0 Å². The number of hydrogen-bond acceptors (Lipinski definition) is 3. The highest BCUT2D eigenvalue weighted by atomic mass is 16.3. The van der Waals surface area contributed by atoms with E-state index in [9.17, 15) is 5.11 Å². The van der Waals surface area contributed by atoms with E-state index in [4.69, 9.17) is 0 Å². The van der Waals surface area contributed by atoms with Gasteiger partial charge in [0.2, 0.25) is 0 Å². The van der Waals surface area contributed by atoms with Gasteiger partial charge in [-0.05, 0) is 37.0 Å². The van der Waals surface area contributed by atoms with E-state index in [1.165, 1.54) is 0 Å². The lowest BCUT2D eigenvalue weighted by Crippen LogP contribution is -2.21. The number of anilines is 1. The summed E-state index contributed by atoms with van der Waals surface area (Å²) in [4.78, 5) is 6.45. The molecule has 1 aromatic heterocycles. The van der Waals surface area contributed by atoms with Crippen LogP contribution < -0.4 is 4.90 Å². The Labute approximate surface area is 98.1 Å². The monoisotopic (exact) mass is 222 g/mol. The van der Waals surface area contributed by atoms with E-state index in [0.29, 0.717) is 5.92 Å². The van der Waals surface area contributed by atoms with Gasteiger partial charge in [-0.15, -0.1) is 0 Å². The van der Waals surface area contributed by atoms with Gasteiger partial charge in [0, 0.05) is 19.8 Å². The van der Waals surface area contributed by atoms with Crippen molar-refractivity contribution in [3.63, 3.8) is 0 Å². The lowest BCUT2D eigenvalue weighted by molar-refractivity contribution is 0.199. The summed E-state index contributed by atoms with van der Waals surface area (Å²) in [7, 11) is 2.04. The fourth-order valence-corrected chi connectivity index (χ4v) is 1.47. The smallest absolute Gasteiger partial charge is 0.128 e. The van der Waals surface area contributed by atoms with E-state index in [1.807, 2.05) is 19.2 Å². The SMILES string of the molecule is CC(C)CCN(C)c1cc([C@@H](C)O)ccn1. The van der Waals surface area contributed by atoms with Gasteiger partial charge in [0.05, 0.1) is 6.10 Å². The molecule has 0 unspecified atom stereocenters. The predicted octanol–water partition coefficient (Wildman–Crippen LogP) is 2.62. The largest absolute Gasteiger partial charge is 0.389 e. The molecule has 3 heteroatoms. The molecule has 0 aliphatic carbocycles. The first-order chi connectivity index (χ1) is 7.50. The normalized spacial score (nSPS) is 12.9. The zero-order valence-corrected chi connectivity index (χ0v) is 10.6. The second kappa shape index (κ2) is 5.85. The van der Waals surface area contributed by atoms with Crippen LogP contribution in [-0.2, 0) is 0 Å². The van der Waals surface area contributed by atoms with Crippen molar-refractivity contribution in [2.75, 3.05) is 18.5 Å². The van der Waals surface area contributed by atoms with Crippen LogP contribution in [0.1, 0.15) is 38.9 Å². The Morgan fingerprint density at radius 2 is 2.06 bits per heavy atom. The maximum Gasteiger partial charge on any atom is 0.128 e. The van der Waals surface area contributed by atoms with Gasteiger partial charge >= 0.3 is 0 Å². The lowest BCUT2D eigenvalue weighted by atomic mass is 10.1. The third kappa shape index (κ3) is 3.81. The van der Waals surface area contributed by atoms with Gasteiger partial charge in [0.1, 0.15) is 5.82 Å². The van der Waals surface area contributed by atoms with Crippen LogP contribution >= 0.6 is 0 Å². The molecule has 0 radical (unpaired) electrons. The van der Waals surface area contributed by atoms with E-state index < -0.39 is 6.10 Å². The minimum absolute atomic E-state index is 0.430. The van der Waals surface area contributed by atoms with Gasteiger partial charge in [-0.2, -0.15) is 0 Å². The minimum atomic E-state index is -0.430. The topological polar surface area (TPSA) is 36.4 Å². The van der Waals surface area contributed by atoms with E-state index >= 15 is 0 Å². The molecule has 0 spiro atoms. The summed E-state index contributed by atoms with van der Waals surface area (Å²) in [6.07, 6.45) is 2.47. The molecule has 1 atom stereocenters. The molecular weight excluding hydrogens is 200 g/mol. The van der Waals surface area contributed by atoms with Crippen LogP contribution in [-0.4, -0.2) is 23.7 Å². The lowest BCUT2D eigenvalue weighted by Gasteiger charge is -2.20. The minimum Gasteiger partial charge on any atom is -0.389 e. The first-order valence-corrected chi connectivity index (χ1v) is 5.86. The first-order valence-electron chi connectivity index (χ1n) is 5.86. The molecule has 1 N–H and O–H groups in total. The van der Waals surface area contributed by atoms with Crippen molar-refractivity contribution >= 4 is 5.82 Å². The van der Waals surface area contributed by atoms with Crippen molar-refractivity contribution in [2.45, 2.75) is 33.3 Å². The Balaban J connectivity index is 2.68. The molecule has 90 valence electrons. The number of aromatic nitrogens is 1. The highest BCUT2D eigenvalue weighted by molar-refractivity contribution is 5.40. The molecule has 0 saturated heterocycles. The summed E-state index contributed by atoms with van der Waals surface area (Å²) in [6, 6.07) is 3.80. The van der Waals surface area contributed by atoms with Crippen molar-refractivity contribution in [3.8, 4) is 0 Å².